The van der Waals surface area contributed by atoms with Crippen molar-refractivity contribution in [2.75, 3.05) is 6.61 Å². The number of hydrogen-bond acceptors (Lipinski definition) is 1. The molecular formula is C26H27F3O. The third-order valence-corrected chi connectivity index (χ3v) is 5.17. The van der Waals surface area contributed by atoms with Crippen molar-refractivity contribution in [3.8, 4) is 28.0 Å². The summed E-state index contributed by atoms with van der Waals surface area (Å²) in [6.07, 6.45) is 7.10. The van der Waals surface area contributed by atoms with Crippen LogP contribution in [0.2, 0.25) is 0 Å². The molecule has 0 unspecified atom stereocenters. The average molecular weight is 412 g/mol. The molecule has 0 amide bonds. The standard InChI is InChI=1S/C26H27F3O/c1-2-3-4-5-6-9-18-30-20-14-12-19(13-15-20)25-22(16-17-24(28)26(25)29)21-10-7-8-11-23(21)27/h7-8,10-17H,2-6,9,18H2,1H3. The van der Waals surface area contributed by atoms with Crippen LogP contribution in [-0.2, 0) is 0 Å². The van der Waals surface area contributed by atoms with Crippen LogP contribution in [0.5, 0.6) is 5.75 Å². The first kappa shape index (κ1) is 21.9. The van der Waals surface area contributed by atoms with E-state index in [0.717, 1.165) is 18.9 Å². The molecule has 0 saturated heterocycles. The zero-order chi connectivity index (χ0) is 21.3. The molecule has 30 heavy (non-hydrogen) atoms. The van der Waals surface area contributed by atoms with Gasteiger partial charge in [-0.15, -0.1) is 0 Å². The first-order valence-corrected chi connectivity index (χ1v) is 10.6. The van der Waals surface area contributed by atoms with E-state index in [9.17, 15) is 13.2 Å². The van der Waals surface area contributed by atoms with Crippen molar-refractivity contribution in [1.29, 1.82) is 0 Å². The van der Waals surface area contributed by atoms with E-state index < -0.39 is 17.5 Å². The highest BCUT2D eigenvalue weighted by molar-refractivity contribution is 5.84. The lowest BCUT2D eigenvalue weighted by Gasteiger charge is -2.13. The van der Waals surface area contributed by atoms with Gasteiger partial charge < -0.3 is 4.74 Å². The summed E-state index contributed by atoms with van der Waals surface area (Å²) >= 11 is 0. The van der Waals surface area contributed by atoms with Gasteiger partial charge in [0.1, 0.15) is 11.6 Å². The largest absolute Gasteiger partial charge is 0.494 e. The Morgan fingerprint density at radius 3 is 2.10 bits per heavy atom. The Balaban J connectivity index is 1.75. The molecule has 0 aliphatic heterocycles. The second kappa shape index (κ2) is 10.9. The van der Waals surface area contributed by atoms with Crippen molar-refractivity contribution in [3.63, 3.8) is 0 Å². The predicted octanol–water partition coefficient (Wildman–Crippen LogP) is 8.18. The molecule has 0 aliphatic carbocycles. The van der Waals surface area contributed by atoms with Crippen LogP contribution in [0.15, 0.2) is 60.7 Å². The Morgan fingerprint density at radius 2 is 1.37 bits per heavy atom. The highest BCUT2D eigenvalue weighted by atomic mass is 19.2. The summed E-state index contributed by atoms with van der Waals surface area (Å²) in [5.74, 6) is -1.76. The summed E-state index contributed by atoms with van der Waals surface area (Å²) in [5, 5.41) is 0. The molecular weight excluding hydrogens is 385 g/mol. The van der Waals surface area contributed by atoms with Crippen LogP contribution in [0, 0.1) is 17.5 Å². The molecule has 0 radical (unpaired) electrons. The second-order valence-electron chi connectivity index (χ2n) is 7.40. The summed E-state index contributed by atoms with van der Waals surface area (Å²) in [4.78, 5) is 0. The summed E-state index contributed by atoms with van der Waals surface area (Å²) < 4.78 is 48.7. The summed E-state index contributed by atoms with van der Waals surface area (Å²) in [6.45, 7) is 2.82. The number of ether oxygens (including phenoxy) is 1. The van der Waals surface area contributed by atoms with Crippen molar-refractivity contribution < 1.29 is 17.9 Å². The van der Waals surface area contributed by atoms with Gasteiger partial charge in [0, 0.05) is 11.1 Å². The van der Waals surface area contributed by atoms with Gasteiger partial charge in [0.05, 0.1) is 6.61 Å². The fourth-order valence-electron chi connectivity index (χ4n) is 3.53. The molecule has 4 heteroatoms. The van der Waals surface area contributed by atoms with Crippen molar-refractivity contribution in [2.45, 2.75) is 45.4 Å². The molecule has 3 aromatic rings. The maximum Gasteiger partial charge on any atom is 0.167 e. The Hall–Kier alpha value is -2.75. The van der Waals surface area contributed by atoms with Crippen LogP contribution in [-0.4, -0.2) is 6.61 Å². The lowest BCUT2D eigenvalue weighted by Crippen LogP contribution is -1.98. The first-order chi connectivity index (χ1) is 14.6. The second-order valence-corrected chi connectivity index (χ2v) is 7.40. The van der Waals surface area contributed by atoms with Crippen molar-refractivity contribution in [3.05, 3.63) is 78.1 Å². The molecule has 3 aromatic carbocycles. The molecule has 0 N–H and O–H groups in total. The molecule has 0 saturated carbocycles. The molecule has 0 aliphatic rings. The van der Waals surface area contributed by atoms with Gasteiger partial charge in [0.25, 0.3) is 0 Å². The summed E-state index contributed by atoms with van der Waals surface area (Å²) in [5.41, 5.74) is 1.06. The summed E-state index contributed by atoms with van der Waals surface area (Å²) in [6, 6.07) is 15.4. The van der Waals surface area contributed by atoms with Crippen LogP contribution in [0.3, 0.4) is 0 Å². The number of hydrogen-bond donors (Lipinski definition) is 0. The zero-order valence-electron chi connectivity index (χ0n) is 17.3. The van der Waals surface area contributed by atoms with Crippen molar-refractivity contribution >= 4 is 0 Å². The maximum atomic E-state index is 14.7. The number of unbranched alkanes of at least 4 members (excludes halogenated alkanes) is 5. The Labute approximate surface area is 176 Å². The van der Waals surface area contributed by atoms with Crippen molar-refractivity contribution in [1.82, 2.24) is 0 Å². The Bertz CT molecular complexity index is 951. The van der Waals surface area contributed by atoms with E-state index in [4.69, 9.17) is 4.74 Å². The predicted molar refractivity (Wildman–Crippen MR) is 116 cm³/mol. The number of rotatable bonds is 10. The van der Waals surface area contributed by atoms with E-state index in [-0.39, 0.29) is 11.1 Å². The first-order valence-electron chi connectivity index (χ1n) is 10.6. The minimum absolute atomic E-state index is 0.0441. The highest BCUT2D eigenvalue weighted by Crippen LogP contribution is 2.37. The van der Waals surface area contributed by atoms with Crippen LogP contribution in [0.4, 0.5) is 13.2 Å². The molecule has 0 heterocycles. The lowest BCUT2D eigenvalue weighted by molar-refractivity contribution is 0.304. The van der Waals surface area contributed by atoms with Crippen LogP contribution < -0.4 is 4.74 Å². The quantitative estimate of drug-likeness (QED) is 0.305. The van der Waals surface area contributed by atoms with Gasteiger partial charge in [-0.2, -0.15) is 0 Å². The molecule has 0 atom stereocenters. The number of halogens is 3. The van der Waals surface area contributed by atoms with Crippen LogP contribution in [0.1, 0.15) is 45.4 Å². The smallest absolute Gasteiger partial charge is 0.167 e. The minimum Gasteiger partial charge on any atom is -0.494 e. The molecule has 1 nitrogen and oxygen atoms in total. The molecule has 158 valence electrons. The van der Waals surface area contributed by atoms with E-state index in [1.165, 1.54) is 37.8 Å². The fourth-order valence-corrected chi connectivity index (χ4v) is 3.53. The van der Waals surface area contributed by atoms with Crippen molar-refractivity contribution in [2.24, 2.45) is 0 Å². The van der Waals surface area contributed by atoms with E-state index in [1.807, 2.05) is 0 Å². The van der Waals surface area contributed by atoms with Gasteiger partial charge in [0.2, 0.25) is 0 Å². The minimum atomic E-state index is -0.989. The topological polar surface area (TPSA) is 9.23 Å². The van der Waals surface area contributed by atoms with Gasteiger partial charge in [-0.1, -0.05) is 75.4 Å². The van der Waals surface area contributed by atoms with Gasteiger partial charge in [-0.25, -0.2) is 13.2 Å². The molecule has 0 aromatic heterocycles. The molecule has 0 fully saturated rings. The van der Waals surface area contributed by atoms with Gasteiger partial charge in [-0.3, -0.25) is 0 Å². The molecule has 0 bridgehead atoms. The lowest BCUT2D eigenvalue weighted by atomic mass is 9.93. The third-order valence-electron chi connectivity index (χ3n) is 5.17. The summed E-state index contributed by atoms with van der Waals surface area (Å²) in [7, 11) is 0. The molecule has 0 spiro atoms. The zero-order valence-corrected chi connectivity index (χ0v) is 17.3. The third kappa shape index (κ3) is 5.44. The maximum absolute atomic E-state index is 14.7. The normalized spacial score (nSPS) is 10.9. The van der Waals surface area contributed by atoms with E-state index in [2.05, 4.69) is 6.92 Å². The average Bonchev–Trinajstić information content (AvgIpc) is 2.76. The highest BCUT2D eigenvalue weighted by Gasteiger charge is 2.18. The van der Waals surface area contributed by atoms with Gasteiger partial charge in [-0.05, 0) is 41.8 Å². The Morgan fingerprint density at radius 1 is 0.667 bits per heavy atom. The monoisotopic (exact) mass is 412 g/mol. The van der Waals surface area contributed by atoms with Gasteiger partial charge in [0.15, 0.2) is 11.6 Å². The van der Waals surface area contributed by atoms with Crippen LogP contribution >= 0.6 is 0 Å². The Kier molecular flexibility index (Phi) is 7.95. The van der Waals surface area contributed by atoms with Gasteiger partial charge >= 0.3 is 0 Å². The molecule has 3 rings (SSSR count). The number of benzene rings is 3. The van der Waals surface area contributed by atoms with E-state index >= 15 is 0 Å². The van der Waals surface area contributed by atoms with E-state index in [0.29, 0.717) is 23.5 Å². The van der Waals surface area contributed by atoms with E-state index in [1.54, 1.807) is 42.5 Å². The fraction of sp³-hybridized carbons (Fsp3) is 0.308. The van der Waals surface area contributed by atoms with Crippen LogP contribution in [0.25, 0.3) is 22.3 Å². The SMILES string of the molecule is CCCCCCCCOc1ccc(-c2c(-c3ccccc3F)ccc(F)c2F)cc1.